The summed E-state index contributed by atoms with van der Waals surface area (Å²) >= 11 is 0. The van der Waals surface area contributed by atoms with Crippen molar-refractivity contribution in [3.05, 3.63) is 59.4 Å². The van der Waals surface area contributed by atoms with Gasteiger partial charge in [0.05, 0.1) is 5.56 Å². The second-order valence-corrected chi connectivity index (χ2v) is 3.70. The van der Waals surface area contributed by atoms with Gasteiger partial charge in [0.25, 0.3) is 0 Å². The highest BCUT2D eigenvalue weighted by Crippen LogP contribution is 2.25. The van der Waals surface area contributed by atoms with E-state index in [-0.39, 0.29) is 5.82 Å². The van der Waals surface area contributed by atoms with Gasteiger partial charge in [-0.2, -0.15) is 0 Å². The van der Waals surface area contributed by atoms with Gasteiger partial charge in [-0.1, -0.05) is 23.6 Å². The first-order valence-electron chi connectivity index (χ1n) is 5.20. The molecule has 0 heterocycles. The summed E-state index contributed by atoms with van der Waals surface area (Å²) in [6.45, 7) is 1.98. The van der Waals surface area contributed by atoms with Crippen LogP contribution in [0.3, 0.4) is 0 Å². The van der Waals surface area contributed by atoms with Crippen molar-refractivity contribution in [2.24, 2.45) is 0 Å². The Morgan fingerprint density at radius 3 is 2.47 bits per heavy atom. The van der Waals surface area contributed by atoms with E-state index in [1.54, 1.807) is 0 Å². The van der Waals surface area contributed by atoms with Gasteiger partial charge in [-0.05, 0) is 31.2 Å². The first-order chi connectivity index (χ1) is 8.19. The van der Waals surface area contributed by atoms with E-state index in [1.807, 2.05) is 31.2 Å². The lowest BCUT2D eigenvalue weighted by molar-refractivity contribution is 0.475. The number of terminal acetylenes is 1. The fourth-order valence-corrected chi connectivity index (χ4v) is 1.43. The lowest BCUT2D eigenvalue weighted by Crippen LogP contribution is -1.89. The molecule has 0 aliphatic rings. The number of hydrogen-bond donors (Lipinski definition) is 0. The van der Waals surface area contributed by atoms with Crippen molar-refractivity contribution in [1.82, 2.24) is 0 Å². The number of rotatable bonds is 2. The van der Waals surface area contributed by atoms with Crippen LogP contribution in [0, 0.1) is 25.1 Å². The van der Waals surface area contributed by atoms with Crippen molar-refractivity contribution >= 4 is 0 Å². The van der Waals surface area contributed by atoms with Crippen LogP contribution in [0.25, 0.3) is 0 Å². The molecule has 0 bridgehead atoms. The van der Waals surface area contributed by atoms with Crippen LogP contribution in [-0.2, 0) is 0 Å². The molecular formula is C15H11FO. The fourth-order valence-electron chi connectivity index (χ4n) is 1.43. The van der Waals surface area contributed by atoms with Crippen LogP contribution >= 0.6 is 0 Å². The molecule has 0 aromatic heterocycles. The van der Waals surface area contributed by atoms with E-state index in [0.717, 1.165) is 5.56 Å². The highest BCUT2D eigenvalue weighted by atomic mass is 19.1. The first-order valence-corrected chi connectivity index (χ1v) is 5.20. The zero-order valence-electron chi connectivity index (χ0n) is 9.41. The van der Waals surface area contributed by atoms with E-state index in [2.05, 4.69) is 5.92 Å². The zero-order valence-corrected chi connectivity index (χ0v) is 9.41. The molecule has 0 saturated carbocycles. The summed E-state index contributed by atoms with van der Waals surface area (Å²) in [5.74, 6) is 3.09. The monoisotopic (exact) mass is 226 g/mol. The summed E-state index contributed by atoms with van der Waals surface area (Å²) < 4.78 is 18.7. The highest BCUT2D eigenvalue weighted by Gasteiger charge is 2.04. The van der Waals surface area contributed by atoms with E-state index in [0.29, 0.717) is 17.1 Å². The summed E-state index contributed by atoms with van der Waals surface area (Å²) in [6, 6.07) is 11.6. The molecule has 0 spiro atoms. The molecule has 0 unspecified atom stereocenters. The second-order valence-electron chi connectivity index (χ2n) is 3.70. The Hall–Kier alpha value is -2.27. The normalized spacial score (nSPS) is 9.71. The fraction of sp³-hybridized carbons (Fsp3) is 0.0667. The van der Waals surface area contributed by atoms with E-state index >= 15 is 0 Å². The van der Waals surface area contributed by atoms with Crippen LogP contribution in [0.2, 0.25) is 0 Å². The van der Waals surface area contributed by atoms with Gasteiger partial charge in [0.2, 0.25) is 0 Å². The van der Waals surface area contributed by atoms with Crippen LogP contribution in [0.5, 0.6) is 11.5 Å². The molecule has 17 heavy (non-hydrogen) atoms. The molecule has 0 saturated heterocycles. The number of benzene rings is 2. The molecule has 0 atom stereocenters. The van der Waals surface area contributed by atoms with Crippen molar-refractivity contribution in [3.63, 3.8) is 0 Å². The smallest absolute Gasteiger partial charge is 0.145 e. The Kier molecular flexibility index (Phi) is 3.11. The first kappa shape index (κ1) is 11.2. The molecule has 0 N–H and O–H groups in total. The Balaban J connectivity index is 2.32. The van der Waals surface area contributed by atoms with Gasteiger partial charge >= 0.3 is 0 Å². The van der Waals surface area contributed by atoms with E-state index in [9.17, 15) is 4.39 Å². The van der Waals surface area contributed by atoms with E-state index in [1.165, 1.54) is 18.2 Å². The lowest BCUT2D eigenvalue weighted by Gasteiger charge is -2.08. The molecule has 2 rings (SSSR count). The minimum absolute atomic E-state index is 0.358. The molecule has 0 radical (unpaired) electrons. The number of hydrogen-bond acceptors (Lipinski definition) is 1. The SMILES string of the molecule is C#Cc1ccc(F)cc1Oc1ccc(C)cc1. The Morgan fingerprint density at radius 1 is 1.12 bits per heavy atom. The van der Waals surface area contributed by atoms with Gasteiger partial charge in [0, 0.05) is 6.07 Å². The number of aryl methyl sites for hydroxylation is 1. The Bertz CT molecular complexity index is 564. The maximum Gasteiger partial charge on any atom is 0.145 e. The summed E-state index contributed by atoms with van der Waals surface area (Å²) in [7, 11) is 0. The van der Waals surface area contributed by atoms with E-state index in [4.69, 9.17) is 11.2 Å². The summed E-state index contributed by atoms with van der Waals surface area (Å²) in [5.41, 5.74) is 1.67. The summed E-state index contributed by atoms with van der Waals surface area (Å²) in [6.07, 6.45) is 5.33. The molecule has 2 heteroatoms. The van der Waals surface area contributed by atoms with Gasteiger partial charge in [-0.15, -0.1) is 6.42 Å². The van der Waals surface area contributed by atoms with Crippen LogP contribution in [0.4, 0.5) is 4.39 Å². The number of ether oxygens (including phenoxy) is 1. The molecule has 2 aromatic carbocycles. The quantitative estimate of drug-likeness (QED) is 0.705. The average molecular weight is 226 g/mol. The molecule has 2 aromatic rings. The van der Waals surface area contributed by atoms with Crippen molar-refractivity contribution in [2.45, 2.75) is 6.92 Å². The zero-order chi connectivity index (χ0) is 12.3. The van der Waals surface area contributed by atoms with Gasteiger partial charge in [0.1, 0.15) is 17.3 Å². The minimum Gasteiger partial charge on any atom is -0.456 e. The minimum atomic E-state index is -0.369. The highest BCUT2D eigenvalue weighted by molar-refractivity contribution is 5.47. The molecule has 0 amide bonds. The van der Waals surface area contributed by atoms with Gasteiger partial charge < -0.3 is 4.74 Å². The Labute approximate surface area is 99.9 Å². The summed E-state index contributed by atoms with van der Waals surface area (Å²) in [4.78, 5) is 0. The molecule has 0 aliphatic heterocycles. The molecule has 1 nitrogen and oxygen atoms in total. The predicted octanol–water partition coefficient (Wildman–Crippen LogP) is 3.91. The Morgan fingerprint density at radius 2 is 1.82 bits per heavy atom. The summed E-state index contributed by atoms with van der Waals surface area (Å²) in [5, 5.41) is 0. The number of halogens is 1. The van der Waals surface area contributed by atoms with Gasteiger partial charge in [-0.25, -0.2) is 4.39 Å². The third-order valence-electron chi connectivity index (χ3n) is 2.35. The van der Waals surface area contributed by atoms with Gasteiger partial charge in [0.15, 0.2) is 0 Å². The molecular weight excluding hydrogens is 215 g/mol. The predicted molar refractivity (Wildman–Crippen MR) is 65.6 cm³/mol. The maximum atomic E-state index is 13.1. The third kappa shape index (κ3) is 2.64. The van der Waals surface area contributed by atoms with Crippen LogP contribution in [-0.4, -0.2) is 0 Å². The lowest BCUT2D eigenvalue weighted by atomic mass is 10.2. The standard InChI is InChI=1S/C15H11FO/c1-3-12-6-7-13(16)10-15(12)17-14-8-4-11(2)5-9-14/h1,4-10H,2H3. The van der Waals surface area contributed by atoms with Crippen molar-refractivity contribution < 1.29 is 9.13 Å². The largest absolute Gasteiger partial charge is 0.456 e. The average Bonchev–Trinajstić information content (AvgIpc) is 2.32. The molecule has 84 valence electrons. The van der Waals surface area contributed by atoms with Crippen LogP contribution in [0.15, 0.2) is 42.5 Å². The van der Waals surface area contributed by atoms with Crippen molar-refractivity contribution in [3.8, 4) is 23.8 Å². The van der Waals surface area contributed by atoms with Crippen molar-refractivity contribution in [2.75, 3.05) is 0 Å². The molecule has 0 aliphatic carbocycles. The van der Waals surface area contributed by atoms with Crippen LogP contribution < -0.4 is 4.74 Å². The van der Waals surface area contributed by atoms with Gasteiger partial charge in [-0.3, -0.25) is 0 Å². The van der Waals surface area contributed by atoms with E-state index < -0.39 is 0 Å². The second kappa shape index (κ2) is 4.71. The third-order valence-corrected chi connectivity index (χ3v) is 2.35. The molecule has 0 fully saturated rings. The maximum absolute atomic E-state index is 13.1. The van der Waals surface area contributed by atoms with Crippen LogP contribution in [0.1, 0.15) is 11.1 Å². The topological polar surface area (TPSA) is 9.23 Å². The van der Waals surface area contributed by atoms with Crippen molar-refractivity contribution in [1.29, 1.82) is 0 Å².